The van der Waals surface area contributed by atoms with E-state index in [4.69, 9.17) is 4.74 Å². The van der Waals surface area contributed by atoms with Gasteiger partial charge in [-0.1, -0.05) is 15.9 Å². The van der Waals surface area contributed by atoms with Crippen molar-refractivity contribution in [3.8, 4) is 0 Å². The summed E-state index contributed by atoms with van der Waals surface area (Å²) in [6.07, 6.45) is -1.16. The summed E-state index contributed by atoms with van der Waals surface area (Å²) >= 11 is 3.31. The number of amides is 1. The van der Waals surface area contributed by atoms with Gasteiger partial charge in [-0.2, -0.15) is 0 Å². The van der Waals surface area contributed by atoms with Crippen LogP contribution in [0, 0.1) is 0 Å². The minimum atomic E-state index is -0.650. The number of aliphatic hydroxyl groups is 1. The first-order valence-corrected chi connectivity index (χ1v) is 6.42. The number of aliphatic hydroxyl groups excluding tert-OH is 1. The molecule has 1 N–H and O–H groups in total. The fourth-order valence-electron chi connectivity index (χ4n) is 2.45. The van der Waals surface area contributed by atoms with E-state index in [1.165, 1.54) is 7.11 Å². The number of carbonyl (C=O) groups is 1. The molecule has 0 aromatic carbocycles. The Morgan fingerprint density at radius 2 is 2.18 bits per heavy atom. The van der Waals surface area contributed by atoms with E-state index >= 15 is 0 Å². The third-order valence-corrected chi connectivity index (χ3v) is 4.32. The van der Waals surface area contributed by atoms with Crippen molar-refractivity contribution in [2.24, 2.45) is 0 Å². The molecule has 0 radical (unpaired) electrons. The second-order valence-corrected chi connectivity index (χ2v) is 4.96. The highest BCUT2D eigenvalue weighted by molar-refractivity contribution is 9.11. The Labute approximate surface area is 109 Å². The molecule has 0 spiro atoms. The largest absolute Gasteiger partial charge is 0.386 e. The first-order chi connectivity index (χ1) is 8.02. The summed E-state index contributed by atoms with van der Waals surface area (Å²) in [5.41, 5.74) is 2.95. The van der Waals surface area contributed by atoms with Crippen LogP contribution in [0.3, 0.4) is 0 Å². The molecule has 17 heavy (non-hydrogen) atoms. The van der Waals surface area contributed by atoms with Crippen molar-refractivity contribution in [2.45, 2.75) is 32.1 Å². The van der Waals surface area contributed by atoms with Crippen LogP contribution in [0.4, 0.5) is 0 Å². The van der Waals surface area contributed by atoms with Gasteiger partial charge in [0.15, 0.2) is 6.10 Å². The average molecular weight is 302 g/mol. The molecule has 0 unspecified atom stereocenters. The molecule has 4 nitrogen and oxygen atoms in total. The van der Waals surface area contributed by atoms with Crippen LogP contribution in [0.25, 0.3) is 0 Å². The lowest BCUT2D eigenvalue weighted by atomic mass is 9.89. The number of hydrogen-bond acceptors (Lipinski definition) is 3. The van der Waals surface area contributed by atoms with Crippen molar-refractivity contribution in [3.05, 3.63) is 21.7 Å². The summed E-state index contributed by atoms with van der Waals surface area (Å²) in [7, 11) is 1.50. The Morgan fingerprint density at radius 1 is 1.53 bits per heavy atom. The molecule has 1 amide bonds. The first kappa shape index (κ1) is 12.8. The van der Waals surface area contributed by atoms with Gasteiger partial charge in [-0.25, -0.2) is 0 Å². The maximum absolute atomic E-state index is 11.8. The minimum Gasteiger partial charge on any atom is -0.386 e. The summed E-state index contributed by atoms with van der Waals surface area (Å²) in [5.74, 6) is -0.0501. The van der Waals surface area contributed by atoms with Crippen molar-refractivity contribution in [3.63, 3.8) is 0 Å². The number of hydrogen-bond donors (Lipinski definition) is 1. The van der Waals surface area contributed by atoms with Crippen LogP contribution >= 0.6 is 15.9 Å². The van der Waals surface area contributed by atoms with Crippen LogP contribution in [-0.4, -0.2) is 47.8 Å². The van der Waals surface area contributed by atoms with E-state index in [0.29, 0.717) is 6.54 Å². The fraction of sp³-hybridized carbons (Fsp3) is 0.583. The predicted octanol–water partition coefficient (Wildman–Crippen LogP) is 1.20. The molecule has 2 rings (SSSR count). The van der Waals surface area contributed by atoms with Crippen LogP contribution in [0.15, 0.2) is 21.7 Å². The van der Waals surface area contributed by atoms with E-state index < -0.39 is 12.2 Å². The first-order valence-electron chi connectivity index (χ1n) is 5.51. The molecule has 0 aromatic heterocycles. The highest BCUT2D eigenvalue weighted by Crippen LogP contribution is 2.35. The summed E-state index contributed by atoms with van der Waals surface area (Å²) in [6, 6.07) is -0.257. The minimum absolute atomic E-state index is 0.0501. The molecule has 2 aliphatic heterocycles. The zero-order chi connectivity index (χ0) is 12.7. The number of halogens is 1. The summed E-state index contributed by atoms with van der Waals surface area (Å²) in [4.78, 5) is 15.3. The molecule has 94 valence electrons. The second kappa shape index (κ2) is 4.55. The maximum atomic E-state index is 11.8. The van der Waals surface area contributed by atoms with E-state index in [1.807, 2.05) is 18.8 Å². The monoisotopic (exact) mass is 301 g/mol. The lowest BCUT2D eigenvalue weighted by Crippen LogP contribution is -2.69. The number of fused-ring (bicyclic) bond motifs is 1. The van der Waals surface area contributed by atoms with Crippen LogP contribution in [0.2, 0.25) is 0 Å². The van der Waals surface area contributed by atoms with Gasteiger partial charge in [0.1, 0.15) is 0 Å². The second-order valence-electron chi connectivity index (χ2n) is 4.50. The number of ether oxygens (including phenoxy) is 1. The molecular formula is C12H16BrNO3. The van der Waals surface area contributed by atoms with E-state index in [-0.39, 0.29) is 11.9 Å². The molecule has 0 bridgehead atoms. The Bertz CT molecular complexity index is 416. The summed E-state index contributed by atoms with van der Waals surface area (Å²) in [6.45, 7) is 4.38. The van der Waals surface area contributed by atoms with Crippen molar-refractivity contribution < 1.29 is 14.6 Å². The molecule has 1 saturated heterocycles. The Balaban J connectivity index is 2.39. The quantitative estimate of drug-likeness (QED) is 0.741. The van der Waals surface area contributed by atoms with Crippen LogP contribution < -0.4 is 0 Å². The van der Waals surface area contributed by atoms with Gasteiger partial charge in [-0.3, -0.25) is 4.79 Å². The third-order valence-electron chi connectivity index (χ3n) is 3.76. The SMILES string of the molecule is CO[C@H]1C(=O)N2C/C(=C\Br)C(C)=C(C)[C@@H](O)[C@@H]12. The Kier molecular flexibility index (Phi) is 3.43. The van der Waals surface area contributed by atoms with Gasteiger partial charge in [0.2, 0.25) is 0 Å². The number of rotatable bonds is 1. The van der Waals surface area contributed by atoms with Crippen molar-refractivity contribution in [2.75, 3.05) is 13.7 Å². The van der Waals surface area contributed by atoms with Gasteiger partial charge in [0.25, 0.3) is 5.91 Å². The molecule has 0 saturated carbocycles. The topological polar surface area (TPSA) is 49.8 Å². The number of β-lactam (4-membered cyclic amide) rings is 1. The number of carbonyl (C=O) groups excluding carboxylic acids is 1. The fourth-order valence-corrected chi connectivity index (χ4v) is 2.94. The maximum Gasteiger partial charge on any atom is 0.254 e. The van der Waals surface area contributed by atoms with Crippen molar-refractivity contribution in [1.82, 2.24) is 4.90 Å². The van der Waals surface area contributed by atoms with Gasteiger partial charge >= 0.3 is 0 Å². The third kappa shape index (κ3) is 1.77. The van der Waals surface area contributed by atoms with Gasteiger partial charge < -0.3 is 14.7 Å². The van der Waals surface area contributed by atoms with Crippen molar-refractivity contribution >= 4 is 21.8 Å². The molecular weight excluding hydrogens is 286 g/mol. The van der Waals surface area contributed by atoms with E-state index in [9.17, 15) is 9.90 Å². The normalized spacial score (nSPS) is 35.8. The molecule has 2 heterocycles. The predicted molar refractivity (Wildman–Crippen MR) is 67.7 cm³/mol. The zero-order valence-corrected chi connectivity index (χ0v) is 11.7. The smallest absolute Gasteiger partial charge is 0.254 e. The van der Waals surface area contributed by atoms with Gasteiger partial charge in [0, 0.05) is 13.7 Å². The molecule has 5 heteroatoms. The van der Waals surface area contributed by atoms with Crippen LogP contribution in [0.1, 0.15) is 13.8 Å². The van der Waals surface area contributed by atoms with Crippen LogP contribution in [-0.2, 0) is 9.53 Å². The molecule has 1 fully saturated rings. The van der Waals surface area contributed by atoms with Crippen molar-refractivity contribution in [1.29, 1.82) is 0 Å². The Morgan fingerprint density at radius 3 is 2.71 bits per heavy atom. The molecule has 3 atom stereocenters. The average Bonchev–Trinajstić information content (AvgIpc) is 2.40. The molecule has 0 aromatic rings. The molecule has 0 aliphatic carbocycles. The van der Waals surface area contributed by atoms with E-state index in [1.54, 1.807) is 4.90 Å². The molecule has 2 aliphatic rings. The van der Waals surface area contributed by atoms with Gasteiger partial charge in [-0.15, -0.1) is 0 Å². The van der Waals surface area contributed by atoms with Gasteiger partial charge in [-0.05, 0) is 35.6 Å². The lowest BCUT2D eigenvalue weighted by molar-refractivity contribution is -0.176. The highest BCUT2D eigenvalue weighted by atomic mass is 79.9. The van der Waals surface area contributed by atoms with E-state index in [0.717, 1.165) is 16.7 Å². The number of methoxy groups -OCH3 is 1. The summed E-state index contributed by atoms with van der Waals surface area (Å²) < 4.78 is 5.14. The lowest BCUT2D eigenvalue weighted by Gasteiger charge is -2.47. The van der Waals surface area contributed by atoms with Gasteiger partial charge in [0.05, 0.1) is 12.1 Å². The van der Waals surface area contributed by atoms with E-state index in [2.05, 4.69) is 15.9 Å². The van der Waals surface area contributed by atoms with Crippen LogP contribution in [0.5, 0.6) is 0 Å². The standard InChI is InChI=1S/C12H16BrNO3/c1-6-7(2)10(15)9-11(17-3)12(16)14(9)5-8(6)4-13/h4,9-11,15H,5H2,1-3H3/b8-4+/t9-,10+,11+/m0/s1. The zero-order valence-electron chi connectivity index (χ0n) is 10.1. The highest BCUT2D eigenvalue weighted by Gasteiger charge is 2.53. The number of nitrogens with zero attached hydrogens (tertiary/aromatic N) is 1. The summed E-state index contributed by atoms with van der Waals surface area (Å²) in [5, 5.41) is 10.3. The Hall–Kier alpha value is -0.650.